The van der Waals surface area contributed by atoms with Gasteiger partial charge in [0.1, 0.15) is 0 Å². The van der Waals surface area contributed by atoms with E-state index in [4.69, 9.17) is 4.74 Å². The SMILES string of the molecule is Cc1cc(SNCCN2CCOCC2)ccc1Br. The summed E-state index contributed by atoms with van der Waals surface area (Å²) in [5.74, 6) is 0. The minimum absolute atomic E-state index is 0.874. The maximum absolute atomic E-state index is 5.33. The lowest BCUT2D eigenvalue weighted by Gasteiger charge is -2.26. The van der Waals surface area contributed by atoms with Crippen LogP contribution in [-0.2, 0) is 4.74 Å². The van der Waals surface area contributed by atoms with E-state index in [0.717, 1.165) is 39.4 Å². The summed E-state index contributed by atoms with van der Waals surface area (Å²) in [6, 6.07) is 6.42. The van der Waals surface area contributed by atoms with Crippen LogP contribution in [0.15, 0.2) is 27.6 Å². The molecule has 1 N–H and O–H groups in total. The normalized spacial score (nSPS) is 17.0. The minimum atomic E-state index is 0.874. The van der Waals surface area contributed by atoms with E-state index in [-0.39, 0.29) is 0 Å². The fourth-order valence-corrected chi connectivity index (χ4v) is 2.82. The molecule has 5 heteroatoms. The molecule has 1 aromatic carbocycles. The number of morpholine rings is 1. The molecule has 0 spiro atoms. The van der Waals surface area contributed by atoms with E-state index in [1.165, 1.54) is 14.9 Å². The van der Waals surface area contributed by atoms with E-state index >= 15 is 0 Å². The van der Waals surface area contributed by atoms with Gasteiger partial charge in [-0.05, 0) is 42.6 Å². The minimum Gasteiger partial charge on any atom is -0.379 e. The van der Waals surface area contributed by atoms with Gasteiger partial charge in [-0.1, -0.05) is 15.9 Å². The lowest BCUT2D eigenvalue weighted by Crippen LogP contribution is -2.39. The van der Waals surface area contributed by atoms with Crippen molar-refractivity contribution in [3.05, 3.63) is 28.2 Å². The third kappa shape index (κ3) is 4.55. The Morgan fingerprint density at radius 3 is 2.89 bits per heavy atom. The van der Waals surface area contributed by atoms with Gasteiger partial charge < -0.3 is 4.74 Å². The summed E-state index contributed by atoms with van der Waals surface area (Å²) in [5, 5.41) is 0. The molecule has 1 saturated heterocycles. The molecule has 0 bridgehead atoms. The Balaban J connectivity index is 1.66. The monoisotopic (exact) mass is 330 g/mol. The van der Waals surface area contributed by atoms with Crippen LogP contribution in [0.5, 0.6) is 0 Å². The molecule has 18 heavy (non-hydrogen) atoms. The number of benzene rings is 1. The van der Waals surface area contributed by atoms with Gasteiger partial charge in [0, 0.05) is 35.5 Å². The molecule has 1 fully saturated rings. The van der Waals surface area contributed by atoms with E-state index in [9.17, 15) is 0 Å². The zero-order chi connectivity index (χ0) is 12.8. The van der Waals surface area contributed by atoms with Crippen molar-refractivity contribution in [3.8, 4) is 0 Å². The number of hydrogen-bond donors (Lipinski definition) is 1. The van der Waals surface area contributed by atoms with E-state index in [1.54, 1.807) is 11.9 Å². The van der Waals surface area contributed by atoms with Gasteiger partial charge in [-0.3, -0.25) is 9.62 Å². The van der Waals surface area contributed by atoms with Crippen LogP contribution in [0.2, 0.25) is 0 Å². The average molecular weight is 331 g/mol. The maximum atomic E-state index is 5.33. The Morgan fingerprint density at radius 2 is 2.17 bits per heavy atom. The van der Waals surface area contributed by atoms with Crippen molar-refractivity contribution in [2.75, 3.05) is 39.4 Å². The number of rotatable bonds is 5. The van der Waals surface area contributed by atoms with Crippen molar-refractivity contribution in [3.63, 3.8) is 0 Å². The molecule has 0 amide bonds. The third-order valence-corrected chi connectivity index (χ3v) is 4.68. The lowest BCUT2D eigenvalue weighted by molar-refractivity contribution is 0.0391. The van der Waals surface area contributed by atoms with Crippen molar-refractivity contribution < 1.29 is 4.74 Å². The van der Waals surface area contributed by atoms with Crippen molar-refractivity contribution in [2.24, 2.45) is 0 Å². The zero-order valence-corrected chi connectivity index (χ0v) is 13.0. The quantitative estimate of drug-likeness (QED) is 0.662. The van der Waals surface area contributed by atoms with Crippen molar-refractivity contribution in [1.82, 2.24) is 9.62 Å². The van der Waals surface area contributed by atoms with Crippen LogP contribution in [-0.4, -0.2) is 44.3 Å². The first-order chi connectivity index (χ1) is 8.75. The van der Waals surface area contributed by atoms with Crippen molar-refractivity contribution in [2.45, 2.75) is 11.8 Å². The highest BCUT2D eigenvalue weighted by molar-refractivity contribution is 9.10. The Kier molecular flexibility index (Phi) is 5.98. The molecule has 0 atom stereocenters. The summed E-state index contributed by atoms with van der Waals surface area (Å²) in [5.41, 5.74) is 1.27. The molecule has 1 aromatic rings. The molecule has 1 heterocycles. The van der Waals surface area contributed by atoms with Crippen LogP contribution in [0, 0.1) is 6.92 Å². The predicted molar refractivity (Wildman–Crippen MR) is 80.0 cm³/mol. The first-order valence-corrected chi connectivity index (χ1v) is 7.82. The van der Waals surface area contributed by atoms with Gasteiger partial charge in [0.25, 0.3) is 0 Å². The first kappa shape index (κ1) is 14.3. The summed E-state index contributed by atoms with van der Waals surface area (Å²) < 4.78 is 9.91. The number of nitrogens with one attached hydrogen (secondary N) is 1. The van der Waals surface area contributed by atoms with Crippen LogP contribution in [0.4, 0.5) is 0 Å². The topological polar surface area (TPSA) is 24.5 Å². The standard InChI is InChI=1S/C13H19BrN2OS/c1-11-10-12(2-3-13(11)14)18-15-4-5-16-6-8-17-9-7-16/h2-3,10,15H,4-9H2,1H3. The Morgan fingerprint density at radius 1 is 1.39 bits per heavy atom. The van der Waals surface area contributed by atoms with Crippen molar-refractivity contribution >= 4 is 27.9 Å². The Labute approximate surface area is 122 Å². The first-order valence-electron chi connectivity index (χ1n) is 6.21. The second-order valence-corrected chi connectivity index (χ2v) is 6.18. The molecule has 1 aliphatic heterocycles. The summed E-state index contributed by atoms with van der Waals surface area (Å²) in [7, 11) is 0. The van der Waals surface area contributed by atoms with Crippen LogP contribution in [0.3, 0.4) is 0 Å². The molecule has 0 unspecified atom stereocenters. The Hall–Kier alpha value is -0.0700. The molecule has 2 rings (SSSR count). The lowest BCUT2D eigenvalue weighted by atomic mass is 10.2. The fraction of sp³-hybridized carbons (Fsp3) is 0.538. The summed E-state index contributed by atoms with van der Waals surface area (Å²) in [4.78, 5) is 3.70. The van der Waals surface area contributed by atoms with Gasteiger partial charge in [-0.25, -0.2) is 0 Å². The van der Waals surface area contributed by atoms with Gasteiger partial charge in [-0.15, -0.1) is 0 Å². The van der Waals surface area contributed by atoms with Crippen LogP contribution in [0.1, 0.15) is 5.56 Å². The molecule has 0 aliphatic carbocycles. The zero-order valence-electron chi connectivity index (χ0n) is 10.6. The predicted octanol–water partition coefficient (Wildman–Crippen LogP) is 2.69. The highest BCUT2D eigenvalue weighted by Crippen LogP contribution is 2.22. The fourth-order valence-electron chi connectivity index (χ4n) is 1.84. The molecule has 0 radical (unpaired) electrons. The number of aryl methyl sites for hydroxylation is 1. The highest BCUT2D eigenvalue weighted by Gasteiger charge is 2.09. The van der Waals surface area contributed by atoms with Gasteiger partial charge in [0.15, 0.2) is 0 Å². The van der Waals surface area contributed by atoms with Crippen LogP contribution >= 0.6 is 27.9 Å². The van der Waals surface area contributed by atoms with E-state index in [0.29, 0.717) is 0 Å². The molecular weight excluding hydrogens is 312 g/mol. The summed E-state index contributed by atoms with van der Waals surface area (Å²) in [6.45, 7) is 8.07. The third-order valence-electron chi connectivity index (χ3n) is 2.95. The number of nitrogens with zero attached hydrogens (tertiary/aromatic N) is 1. The number of halogens is 1. The Bertz CT molecular complexity index is 383. The second kappa shape index (κ2) is 7.50. The van der Waals surface area contributed by atoms with E-state index < -0.39 is 0 Å². The highest BCUT2D eigenvalue weighted by atomic mass is 79.9. The van der Waals surface area contributed by atoms with Gasteiger partial charge in [0.05, 0.1) is 13.2 Å². The molecule has 1 aliphatic rings. The molecule has 100 valence electrons. The molecule has 0 saturated carbocycles. The summed E-state index contributed by atoms with van der Waals surface area (Å²) >= 11 is 5.22. The number of ether oxygens (including phenoxy) is 1. The number of hydrogen-bond acceptors (Lipinski definition) is 4. The molecular formula is C13H19BrN2OS. The van der Waals surface area contributed by atoms with Crippen LogP contribution < -0.4 is 4.72 Å². The largest absolute Gasteiger partial charge is 0.379 e. The van der Waals surface area contributed by atoms with Gasteiger partial charge in [-0.2, -0.15) is 0 Å². The average Bonchev–Trinajstić information content (AvgIpc) is 2.40. The van der Waals surface area contributed by atoms with Crippen molar-refractivity contribution in [1.29, 1.82) is 0 Å². The van der Waals surface area contributed by atoms with Gasteiger partial charge in [0.2, 0.25) is 0 Å². The van der Waals surface area contributed by atoms with E-state index in [1.807, 2.05) is 0 Å². The summed E-state index contributed by atoms with van der Waals surface area (Å²) in [6.07, 6.45) is 0. The maximum Gasteiger partial charge on any atom is 0.0594 e. The smallest absolute Gasteiger partial charge is 0.0594 e. The van der Waals surface area contributed by atoms with E-state index in [2.05, 4.69) is 50.7 Å². The van der Waals surface area contributed by atoms with Gasteiger partial charge >= 0.3 is 0 Å². The molecule has 0 aromatic heterocycles. The molecule has 3 nitrogen and oxygen atoms in total. The van der Waals surface area contributed by atoms with Crippen LogP contribution in [0.25, 0.3) is 0 Å². The second-order valence-electron chi connectivity index (χ2n) is 4.36.